The fraction of sp³-hybridized carbons (Fsp3) is 0.278. The molecule has 1 heterocycles. The van der Waals surface area contributed by atoms with Gasteiger partial charge in [-0.05, 0) is 61.7 Å². The monoisotopic (exact) mass is 384 g/mol. The number of halogens is 3. The number of rotatable bonds is 3. The molecule has 24 heavy (non-hydrogen) atoms. The van der Waals surface area contributed by atoms with Crippen molar-refractivity contribution in [2.45, 2.75) is 19.3 Å². The number of carbonyl (C=O) groups is 1. The van der Waals surface area contributed by atoms with Gasteiger partial charge in [-0.2, -0.15) is 0 Å². The predicted molar refractivity (Wildman–Crippen MR) is 104 cm³/mol. The van der Waals surface area contributed by atoms with E-state index < -0.39 is 0 Å². The minimum atomic E-state index is -0.239. The Kier molecular flexibility index (Phi) is 6.79. The zero-order valence-corrected chi connectivity index (χ0v) is 15.4. The second kappa shape index (κ2) is 8.61. The first kappa shape index (κ1) is 18.9. The van der Waals surface area contributed by atoms with E-state index >= 15 is 0 Å². The van der Waals surface area contributed by atoms with E-state index in [1.165, 1.54) is 24.9 Å². The molecule has 0 radical (unpaired) electrons. The van der Waals surface area contributed by atoms with Gasteiger partial charge in [0.05, 0.1) is 10.6 Å². The Labute approximate surface area is 158 Å². The highest BCUT2D eigenvalue weighted by Crippen LogP contribution is 2.24. The van der Waals surface area contributed by atoms with Crippen molar-refractivity contribution in [1.29, 1.82) is 0 Å². The fourth-order valence-electron chi connectivity index (χ4n) is 2.78. The summed E-state index contributed by atoms with van der Waals surface area (Å²) in [6, 6.07) is 12.8. The summed E-state index contributed by atoms with van der Waals surface area (Å²) in [5.74, 6) is -0.239. The van der Waals surface area contributed by atoms with Gasteiger partial charge in [-0.3, -0.25) is 4.79 Å². The van der Waals surface area contributed by atoms with Crippen molar-refractivity contribution in [3.63, 3.8) is 0 Å². The Bertz CT molecular complexity index is 698. The maximum atomic E-state index is 12.3. The molecule has 1 N–H and O–H groups in total. The predicted octanol–water partition coefficient (Wildman–Crippen LogP) is 5.66. The molecule has 0 unspecified atom stereocenters. The first-order chi connectivity index (χ1) is 11.1. The molecule has 6 heteroatoms. The van der Waals surface area contributed by atoms with Crippen LogP contribution in [-0.4, -0.2) is 19.0 Å². The van der Waals surface area contributed by atoms with Gasteiger partial charge >= 0.3 is 0 Å². The molecule has 1 amide bonds. The molecule has 0 saturated carbocycles. The van der Waals surface area contributed by atoms with Crippen LogP contribution in [0.25, 0.3) is 0 Å². The molecule has 0 spiro atoms. The molecular formula is C18H19Cl3N2O. The third kappa shape index (κ3) is 4.56. The molecule has 3 rings (SSSR count). The lowest BCUT2D eigenvalue weighted by atomic mass is 10.1. The second-order valence-corrected chi connectivity index (χ2v) is 6.52. The number of anilines is 2. The van der Waals surface area contributed by atoms with E-state index in [0.717, 1.165) is 18.8 Å². The van der Waals surface area contributed by atoms with E-state index in [1.807, 2.05) is 24.3 Å². The minimum absolute atomic E-state index is 0. The van der Waals surface area contributed by atoms with Gasteiger partial charge < -0.3 is 10.2 Å². The lowest BCUT2D eigenvalue weighted by Crippen LogP contribution is -2.29. The highest BCUT2D eigenvalue weighted by Gasteiger charge is 2.13. The Morgan fingerprint density at radius 1 is 0.958 bits per heavy atom. The normalized spacial score (nSPS) is 14.0. The standard InChI is InChI=1S/C18H18Cl2N2O.ClH/c19-13-4-9-16(17(20)12-13)18(23)21-14-5-7-15(8-6-14)22-10-2-1-3-11-22;/h4-9,12H,1-3,10-11H2,(H,21,23);1H. The fourth-order valence-corrected chi connectivity index (χ4v) is 3.27. The number of hydrogen-bond acceptors (Lipinski definition) is 2. The van der Waals surface area contributed by atoms with Crippen LogP contribution in [-0.2, 0) is 0 Å². The molecular weight excluding hydrogens is 367 g/mol. The summed E-state index contributed by atoms with van der Waals surface area (Å²) >= 11 is 11.9. The highest BCUT2D eigenvalue weighted by molar-refractivity contribution is 6.37. The number of amides is 1. The van der Waals surface area contributed by atoms with Gasteiger partial charge in [0.25, 0.3) is 5.91 Å². The number of nitrogens with zero attached hydrogens (tertiary/aromatic N) is 1. The molecule has 2 aromatic carbocycles. The summed E-state index contributed by atoms with van der Waals surface area (Å²) in [6.45, 7) is 2.21. The van der Waals surface area contributed by atoms with Crippen molar-refractivity contribution in [3.8, 4) is 0 Å². The summed E-state index contributed by atoms with van der Waals surface area (Å²) in [4.78, 5) is 14.7. The van der Waals surface area contributed by atoms with Crippen LogP contribution in [0.2, 0.25) is 10.0 Å². The molecule has 3 nitrogen and oxygen atoms in total. The first-order valence-electron chi connectivity index (χ1n) is 7.75. The number of hydrogen-bond donors (Lipinski definition) is 1. The van der Waals surface area contributed by atoms with Crippen LogP contribution in [0.1, 0.15) is 29.6 Å². The molecule has 0 atom stereocenters. The lowest BCUT2D eigenvalue weighted by molar-refractivity contribution is 0.102. The van der Waals surface area contributed by atoms with Gasteiger partial charge in [-0.15, -0.1) is 12.4 Å². The Hall–Kier alpha value is -1.42. The quantitative estimate of drug-likeness (QED) is 0.739. The summed E-state index contributed by atoms with van der Waals surface area (Å²) in [7, 11) is 0. The Balaban J connectivity index is 0.00000208. The number of benzene rings is 2. The van der Waals surface area contributed by atoms with Gasteiger partial charge in [0.2, 0.25) is 0 Å². The van der Waals surface area contributed by atoms with E-state index in [4.69, 9.17) is 23.2 Å². The number of nitrogens with one attached hydrogen (secondary N) is 1. The van der Waals surface area contributed by atoms with E-state index in [0.29, 0.717) is 15.6 Å². The minimum Gasteiger partial charge on any atom is -0.372 e. The van der Waals surface area contributed by atoms with Crippen molar-refractivity contribution in [2.24, 2.45) is 0 Å². The smallest absolute Gasteiger partial charge is 0.257 e. The van der Waals surface area contributed by atoms with E-state index in [9.17, 15) is 4.79 Å². The SMILES string of the molecule is Cl.O=C(Nc1ccc(N2CCCCC2)cc1)c1ccc(Cl)cc1Cl. The average molecular weight is 386 g/mol. The number of piperidine rings is 1. The zero-order chi connectivity index (χ0) is 16.2. The molecule has 1 saturated heterocycles. The van der Waals surface area contributed by atoms with Crippen molar-refractivity contribution in [3.05, 3.63) is 58.1 Å². The second-order valence-electron chi connectivity index (χ2n) is 5.67. The van der Waals surface area contributed by atoms with Crippen molar-refractivity contribution in [2.75, 3.05) is 23.3 Å². The molecule has 2 aromatic rings. The van der Waals surface area contributed by atoms with Crippen molar-refractivity contribution in [1.82, 2.24) is 0 Å². The van der Waals surface area contributed by atoms with E-state index in [1.54, 1.807) is 18.2 Å². The van der Waals surface area contributed by atoms with E-state index in [2.05, 4.69) is 10.2 Å². The molecule has 0 aliphatic carbocycles. The van der Waals surface area contributed by atoms with Gasteiger partial charge in [0.1, 0.15) is 0 Å². The highest BCUT2D eigenvalue weighted by atomic mass is 35.5. The van der Waals surface area contributed by atoms with Gasteiger partial charge in [0.15, 0.2) is 0 Å². The Morgan fingerprint density at radius 3 is 2.25 bits per heavy atom. The average Bonchev–Trinajstić information content (AvgIpc) is 2.56. The summed E-state index contributed by atoms with van der Waals surface area (Å²) < 4.78 is 0. The molecule has 1 aliphatic rings. The largest absolute Gasteiger partial charge is 0.372 e. The first-order valence-corrected chi connectivity index (χ1v) is 8.50. The van der Waals surface area contributed by atoms with Crippen LogP contribution in [0, 0.1) is 0 Å². The zero-order valence-electron chi connectivity index (χ0n) is 13.1. The maximum Gasteiger partial charge on any atom is 0.257 e. The van der Waals surface area contributed by atoms with Crippen molar-refractivity contribution >= 4 is 52.9 Å². The number of carbonyl (C=O) groups excluding carboxylic acids is 1. The van der Waals surface area contributed by atoms with Crippen LogP contribution < -0.4 is 10.2 Å². The molecule has 1 fully saturated rings. The lowest BCUT2D eigenvalue weighted by Gasteiger charge is -2.28. The van der Waals surface area contributed by atoms with E-state index in [-0.39, 0.29) is 18.3 Å². The van der Waals surface area contributed by atoms with Crippen LogP contribution >= 0.6 is 35.6 Å². The van der Waals surface area contributed by atoms with Crippen molar-refractivity contribution < 1.29 is 4.79 Å². The Morgan fingerprint density at radius 2 is 1.62 bits per heavy atom. The van der Waals surface area contributed by atoms with Gasteiger partial charge in [0, 0.05) is 29.5 Å². The summed E-state index contributed by atoms with van der Waals surface area (Å²) in [5.41, 5.74) is 2.37. The molecule has 0 bridgehead atoms. The van der Waals surface area contributed by atoms with Gasteiger partial charge in [-0.1, -0.05) is 23.2 Å². The van der Waals surface area contributed by atoms with Crippen LogP contribution in [0.3, 0.4) is 0 Å². The molecule has 128 valence electrons. The summed E-state index contributed by atoms with van der Waals surface area (Å²) in [5, 5.41) is 3.72. The molecule has 1 aliphatic heterocycles. The third-order valence-electron chi connectivity index (χ3n) is 4.02. The molecule has 0 aromatic heterocycles. The summed E-state index contributed by atoms with van der Waals surface area (Å²) in [6.07, 6.45) is 3.80. The van der Waals surface area contributed by atoms with Gasteiger partial charge in [-0.25, -0.2) is 0 Å². The topological polar surface area (TPSA) is 32.3 Å². The third-order valence-corrected chi connectivity index (χ3v) is 4.57. The maximum absolute atomic E-state index is 12.3. The van der Waals surface area contributed by atoms with Crippen LogP contribution in [0.4, 0.5) is 11.4 Å². The van der Waals surface area contributed by atoms with Crippen LogP contribution in [0.5, 0.6) is 0 Å². The van der Waals surface area contributed by atoms with Crippen LogP contribution in [0.15, 0.2) is 42.5 Å².